The van der Waals surface area contributed by atoms with Crippen molar-refractivity contribution in [3.63, 3.8) is 0 Å². The second kappa shape index (κ2) is 15.2. The third-order valence-corrected chi connectivity index (χ3v) is 11.8. The molecule has 2 unspecified atom stereocenters. The van der Waals surface area contributed by atoms with Crippen LogP contribution >= 0.6 is 0 Å². The van der Waals surface area contributed by atoms with Crippen molar-refractivity contribution in [1.29, 1.82) is 0 Å². The lowest BCUT2D eigenvalue weighted by molar-refractivity contribution is -0.175. The third kappa shape index (κ3) is 9.61. The summed E-state index contributed by atoms with van der Waals surface area (Å²) in [6.45, 7) is 10.3. The molecule has 0 saturated carbocycles. The van der Waals surface area contributed by atoms with Crippen molar-refractivity contribution in [3.05, 3.63) is 108 Å². The number of hydrogen-bond acceptors (Lipinski definition) is 8. The van der Waals surface area contributed by atoms with Crippen molar-refractivity contribution in [2.75, 3.05) is 6.61 Å². The van der Waals surface area contributed by atoms with E-state index in [1.807, 2.05) is 64.2 Å². The molecule has 226 valence electrons. The Morgan fingerprint density at radius 3 is 1.67 bits per heavy atom. The Bertz CT molecular complexity index is 1250. The molecular weight excluding hydrogens is 552 g/mol. The molecule has 42 heavy (non-hydrogen) atoms. The van der Waals surface area contributed by atoms with E-state index < -0.39 is 44.9 Å². The van der Waals surface area contributed by atoms with E-state index >= 15 is 0 Å². The summed E-state index contributed by atoms with van der Waals surface area (Å²) in [4.78, 5) is 26.4. The Morgan fingerprint density at radius 1 is 0.738 bits per heavy atom. The fourth-order valence-corrected chi connectivity index (χ4v) is 4.95. The predicted octanol–water partition coefficient (Wildman–Crippen LogP) is 5.75. The molecule has 0 saturated heterocycles. The maximum Gasteiger partial charge on any atom is 0.338 e. The summed E-state index contributed by atoms with van der Waals surface area (Å²) in [7, 11) is -2.60. The minimum atomic E-state index is -2.60. The first-order chi connectivity index (χ1) is 19.9. The highest BCUT2D eigenvalue weighted by atomic mass is 28.4. The van der Waals surface area contributed by atoms with Gasteiger partial charge in [-0.25, -0.2) is 9.59 Å². The van der Waals surface area contributed by atoms with Gasteiger partial charge in [-0.1, -0.05) is 87.5 Å². The van der Waals surface area contributed by atoms with Gasteiger partial charge in [0.1, 0.15) is 0 Å². The summed E-state index contributed by atoms with van der Waals surface area (Å²) < 4.78 is 23.5. The van der Waals surface area contributed by atoms with Crippen LogP contribution in [0.15, 0.2) is 91.0 Å². The number of aliphatic hydroxyl groups excluding tert-OH is 2. The molecule has 0 aliphatic rings. The molecule has 0 bridgehead atoms. The van der Waals surface area contributed by atoms with E-state index in [1.54, 1.807) is 60.7 Å². The Hall–Kier alpha value is -3.34. The first kappa shape index (κ1) is 33.2. The standard InChI is InChI=1S/C33H42O8Si/c1-33(2,3)42(4,5)41-32(37)29(40-31(36)26-19-13-8-14-20-26)28(39-30(35)25-17-11-7-12-18-25)27(34)21-22-38-23-24-15-9-6-10-16-24/h6-20,27-29,32,34,37H,21-23H2,1-5H3/t27-,28?,29?,32-/m0/s1. The lowest BCUT2D eigenvalue weighted by atomic mass is 10.0. The fraction of sp³-hybridized carbons (Fsp3) is 0.394. The summed E-state index contributed by atoms with van der Waals surface area (Å²) in [6.07, 6.45) is -6.02. The zero-order chi connectivity index (χ0) is 30.8. The minimum absolute atomic E-state index is 0.0335. The van der Waals surface area contributed by atoms with Crippen LogP contribution in [-0.4, -0.2) is 61.7 Å². The number of carbonyl (C=O) groups is 2. The number of aliphatic hydroxyl groups is 2. The van der Waals surface area contributed by atoms with Crippen LogP contribution in [0.2, 0.25) is 18.1 Å². The second-order valence-electron chi connectivity index (χ2n) is 11.6. The van der Waals surface area contributed by atoms with Crippen LogP contribution in [0.5, 0.6) is 0 Å². The molecular formula is C33H42O8Si. The number of benzene rings is 3. The number of esters is 2. The van der Waals surface area contributed by atoms with E-state index in [9.17, 15) is 19.8 Å². The second-order valence-corrected chi connectivity index (χ2v) is 16.4. The van der Waals surface area contributed by atoms with Crippen LogP contribution in [0.3, 0.4) is 0 Å². The van der Waals surface area contributed by atoms with Gasteiger partial charge in [-0.15, -0.1) is 0 Å². The van der Waals surface area contributed by atoms with Gasteiger partial charge in [-0.05, 0) is 48.0 Å². The van der Waals surface area contributed by atoms with Crippen molar-refractivity contribution < 1.29 is 38.4 Å². The van der Waals surface area contributed by atoms with E-state index in [-0.39, 0.29) is 29.2 Å². The molecule has 0 amide bonds. The maximum absolute atomic E-state index is 13.2. The van der Waals surface area contributed by atoms with Gasteiger partial charge in [0.15, 0.2) is 26.8 Å². The zero-order valence-corrected chi connectivity index (χ0v) is 25.9. The Balaban J connectivity index is 1.89. The van der Waals surface area contributed by atoms with Crippen LogP contribution in [0, 0.1) is 0 Å². The van der Waals surface area contributed by atoms with Gasteiger partial charge in [-0.3, -0.25) is 0 Å². The topological polar surface area (TPSA) is 112 Å². The monoisotopic (exact) mass is 594 g/mol. The van der Waals surface area contributed by atoms with Crippen molar-refractivity contribution >= 4 is 20.3 Å². The molecule has 0 aliphatic heterocycles. The van der Waals surface area contributed by atoms with Crippen LogP contribution in [0.25, 0.3) is 0 Å². The molecule has 0 aromatic heterocycles. The molecule has 4 atom stereocenters. The molecule has 3 aromatic carbocycles. The number of hydrogen-bond donors (Lipinski definition) is 2. The largest absolute Gasteiger partial charge is 0.452 e. The van der Waals surface area contributed by atoms with Gasteiger partial charge in [-0.2, -0.15) is 0 Å². The normalized spacial score (nSPS) is 14.8. The summed E-state index contributed by atoms with van der Waals surface area (Å²) in [5.74, 6) is -1.50. The first-order valence-electron chi connectivity index (χ1n) is 14.1. The van der Waals surface area contributed by atoms with E-state index in [0.29, 0.717) is 6.61 Å². The van der Waals surface area contributed by atoms with Crippen LogP contribution in [0.1, 0.15) is 53.5 Å². The van der Waals surface area contributed by atoms with E-state index in [4.69, 9.17) is 18.6 Å². The van der Waals surface area contributed by atoms with Crippen LogP contribution in [-0.2, 0) is 25.2 Å². The van der Waals surface area contributed by atoms with Crippen molar-refractivity contribution in [2.24, 2.45) is 0 Å². The SMILES string of the molecule is CC(C)(C)[Si](C)(C)O[C@H](O)C(OC(=O)c1ccccc1)C(OC(=O)c1ccccc1)[C@@H](O)CCOCc1ccccc1. The van der Waals surface area contributed by atoms with E-state index in [0.717, 1.165) is 5.56 Å². The molecule has 9 heteroatoms. The molecule has 0 fully saturated rings. The highest BCUT2D eigenvalue weighted by molar-refractivity contribution is 6.74. The Kier molecular flexibility index (Phi) is 12.0. The molecule has 3 aromatic rings. The Morgan fingerprint density at radius 2 is 1.19 bits per heavy atom. The summed E-state index contributed by atoms with van der Waals surface area (Å²) >= 11 is 0. The first-order valence-corrected chi connectivity index (χ1v) is 17.0. The molecule has 0 spiro atoms. The quantitative estimate of drug-likeness (QED) is 0.105. The average Bonchev–Trinajstić information content (AvgIpc) is 2.97. The highest BCUT2D eigenvalue weighted by Gasteiger charge is 2.46. The van der Waals surface area contributed by atoms with E-state index in [2.05, 4.69) is 0 Å². The fourth-order valence-electron chi connectivity index (χ4n) is 3.86. The van der Waals surface area contributed by atoms with Gasteiger partial charge in [0.05, 0.1) is 23.8 Å². The number of ether oxygens (including phenoxy) is 3. The summed E-state index contributed by atoms with van der Waals surface area (Å²) in [5.41, 5.74) is 1.44. The van der Waals surface area contributed by atoms with Crippen LogP contribution in [0.4, 0.5) is 0 Å². The number of rotatable bonds is 14. The van der Waals surface area contributed by atoms with Gasteiger partial charge in [0, 0.05) is 13.0 Å². The van der Waals surface area contributed by atoms with Gasteiger partial charge < -0.3 is 28.8 Å². The summed E-state index contributed by atoms with van der Waals surface area (Å²) in [6, 6.07) is 26.1. The lowest BCUT2D eigenvalue weighted by Crippen LogP contribution is -2.54. The Labute approximate surface area is 249 Å². The van der Waals surface area contributed by atoms with Crippen molar-refractivity contribution in [3.8, 4) is 0 Å². The van der Waals surface area contributed by atoms with Gasteiger partial charge in [0.2, 0.25) is 0 Å². The zero-order valence-electron chi connectivity index (χ0n) is 24.9. The van der Waals surface area contributed by atoms with Gasteiger partial charge >= 0.3 is 11.9 Å². The summed E-state index contributed by atoms with van der Waals surface area (Å²) in [5, 5.41) is 22.5. The maximum atomic E-state index is 13.2. The van der Waals surface area contributed by atoms with Gasteiger partial charge in [0.25, 0.3) is 0 Å². The average molecular weight is 595 g/mol. The minimum Gasteiger partial charge on any atom is -0.452 e. The molecule has 2 N–H and O–H groups in total. The molecule has 0 heterocycles. The molecule has 8 nitrogen and oxygen atoms in total. The van der Waals surface area contributed by atoms with Crippen molar-refractivity contribution in [2.45, 2.75) is 76.5 Å². The molecule has 0 aliphatic carbocycles. The smallest absolute Gasteiger partial charge is 0.338 e. The van der Waals surface area contributed by atoms with Crippen LogP contribution < -0.4 is 0 Å². The van der Waals surface area contributed by atoms with Crippen molar-refractivity contribution in [1.82, 2.24) is 0 Å². The molecule has 0 radical (unpaired) electrons. The lowest BCUT2D eigenvalue weighted by Gasteiger charge is -2.41. The molecule has 3 rings (SSSR count). The predicted molar refractivity (Wildman–Crippen MR) is 162 cm³/mol. The van der Waals surface area contributed by atoms with E-state index in [1.165, 1.54) is 0 Å². The highest BCUT2D eigenvalue weighted by Crippen LogP contribution is 2.38. The third-order valence-electron chi connectivity index (χ3n) is 7.38. The number of carbonyl (C=O) groups excluding carboxylic acids is 2.